The maximum Gasteiger partial charge on any atom is 0.252 e. The van der Waals surface area contributed by atoms with Crippen molar-refractivity contribution in [2.24, 2.45) is 11.7 Å². The van der Waals surface area contributed by atoms with Gasteiger partial charge in [-0.15, -0.1) is 0 Å². The summed E-state index contributed by atoms with van der Waals surface area (Å²) in [6, 6.07) is 3.75. The summed E-state index contributed by atoms with van der Waals surface area (Å²) in [6.07, 6.45) is 6.93. The Morgan fingerprint density at radius 2 is 2.08 bits per heavy atom. The minimum Gasteiger partial charge on any atom is -0.328 e. The predicted octanol–water partition coefficient (Wildman–Crippen LogP) is 2.24. The summed E-state index contributed by atoms with van der Waals surface area (Å²) in [6.45, 7) is 4.12. The molecule has 2 heterocycles. The van der Waals surface area contributed by atoms with Gasteiger partial charge < -0.3 is 11.1 Å². The van der Waals surface area contributed by atoms with Gasteiger partial charge in [-0.25, -0.2) is 9.97 Å². The number of anilines is 1. The third-order valence-electron chi connectivity index (χ3n) is 4.40. The highest BCUT2D eigenvalue weighted by Gasteiger charge is 2.26. The summed E-state index contributed by atoms with van der Waals surface area (Å²) in [5, 5.41) is 7.55. The third-order valence-corrected chi connectivity index (χ3v) is 4.40. The van der Waals surface area contributed by atoms with Crippen LogP contribution in [-0.2, 0) is 4.79 Å². The van der Waals surface area contributed by atoms with Gasteiger partial charge in [-0.05, 0) is 31.2 Å². The molecule has 2 aromatic rings. The number of nitrogens with one attached hydrogen (secondary N) is 1. The second-order valence-electron chi connectivity index (χ2n) is 6.68. The highest BCUT2D eigenvalue weighted by atomic mass is 16.2. The van der Waals surface area contributed by atoms with Crippen LogP contribution in [0.2, 0.25) is 0 Å². The Balaban J connectivity index is 1.85. The molecule has 0 spiro atoms. The van der Waals surface area contributed by atoms with Gasteiger partial charge in [-0.3, -0.25) is 4.79 Å². The Morgan fingerprint density at radius 3 is 2.75 bits per heavy atom. The van der Waals surface area contributed by atoms with E-state index in [4.69, 9.17) is 5.73 Å². The van der Waals surface area contributed by atoms with Crippen LogP contribution >= 0.6 is 0 Å². The Bertz CT molecular complexity index is 696. The number of hydrogen-bond donors (Lipinski definition) is 2. The summed E-state index contributed by atoms with van der Waals surface area (Å²) < 4.78 is 1.59. The van der Waals surface area contributed by atoms with Crippen molar-refractivity contribution >= 4 is 11.7 Å². The lowest BCUT2D eigenvalue weighted by atomic mass is 9.85. The molecule has 2 atom stereocenters. The van der Waals surface area contributed by atoms with Crippen molar-refractivity contribution in [2.75, 3.05) is 5.32 Å². The minimum atomic E-state index is -0.0451. The van der Waals surface area contributed by atoms with Gasteiger partial charge in [0.25, 0.3) is 5.95 Å². The van der Waals surface area contributed by atoms with E-state index in [0.717, 1.165) is 31.4 Å². The summed E-state index contributed by atoms with van der Waals surface area (Å²) in [5.74, 6) is 1.25. The van der Waals surface area contributed by atoms with Gasteiger partial charge in [0, 0.05) is 30.4 Å². The molecular formula is C17H24N6O. The zero-order valence-electron chi connectivity index (χ0n) is 14.1. The van der Waals surface area contributed by atoms with E-state index in [-0.39, 0.29) is 23.8 Å². The zero-order chi connectivity index (χ0) is 17.1. The molecule has 0 bridgehead atoms. The maximum atomic E-state index is 12.6. The zero-order valence-corrected chi connectivity index (χ0v) is 14.1. The van der Waals surface area contributed by atoms with E-state index in [1.54, 1.807) is 23.1 Å². The largest absolute Gasteiger partial charge is 0.328 e. The quantitative estimate of drug-likeness (QED) is 0.897. The average Bonchev–Trinajstić information content (AvgIpc) is 3.00. The molecule has 0 aliphatic heterocycles. The molecule has 1 saturated carbocycles. The molecule has 1 amide bonds. The number of hydrogen-bond acceptors (Lipinski definition) is 5. The second kappa shape index (κ2) is 7.09. The average molecular weight is 328 g/mol. The highest BCUT2D eigenvalue weighted by Crippen LogP contribution is 2.26. The van der Waals surface area contributed by atoms with E-state index < -0.39 is 0 Å². The fourth-order valence-electron chi connectivity index (χ4n) is 3.02. The maximum absolute atomic E-state index is 12.6. The number of aromatic nitrogens is 4. The van der Waals surface area contributed by atoms with E-state index in [0.29, 0.717) is 11.8 Å². The number of nitrogens with two attached hydrogens (primary N) is 1. The van der Waals surface area contributed by atoms with Crippen LogP contribution in [0.4, 0.5) is 5.82 Å². The normalized spacial score (nSPS) is 21.0. The SMILES string of the molecule is CC(C)c1cc(NC(=O)C2CCCC(N)C2)n(-c2ncccn2)n1. The van der Waals surface area contributed by atoms with Crippen molar-refractivity contribution in [1.82, 2.24) is 19.7 Å². The van der Waals surface area contributed by atoms with E-state index >= 15 is 0 Å². The van der Waals surface area contributed by atoms with Crippen molar-refractivity contribution in [3.8, 4) is 5.95 Å². The molecule has 0 aromatic carbocycles. The Kier molecular flexibility index (Phi) is 4.89. The van der Waals surface area contributed by atoms with E-state index in [9.17, 15) is 4.79 Å². The van der Waals surface area contributed by atoms with Crippen molar-refractivity contribution in [2.45, 2.75) is 51.5 Å². The molecule has 3 rings (SSSR count). The van der Waals surface area contributed by atoms with Gasteiger partial charge in [-0.1, -0.05) is 20.3 Å². The Hall–Kier alpha value is -2.28. The third kappa shape index (κ3) is 3.62. The van der Waals surface area contributed by atoms with Crippen LogP contribution in [0.3, 0.4) is 0 Å². The molecule has 1 aliphatic carbocycles. The lowest BCUT2D eigenvalue weighted by Crippen LogP contribution is -2.34. The number of carbonyl (C=O) groups excluding carboxylic acids is 1. The van der Waals surface area contributed by atoms with E-state index in [2.05, 4.69) is 34.2 Å². The number of rotatable bonds is 4. The molecule has 0 radical (unpaired) electrons. The molecule has 1 fully saturated rings. The van der Waals surface area contributed by atoms with Crippen LogP contribution in [0.1, 0.15) is 51.1 Å². The molecule has 1 aliphatic rings. The number of carbonyl (C=O) groups is 1. The summed E-state index contributed by atoms with van der Waals surface area (Å²) in [7, 11) is 0. The Morgan fingerprint density at radius 1 is 1.33 bits per heavy atom. The van der Waals surface area contributed by atoms with E-state index in [1.807, 2.05) is 6.07 Å². The van der Waals surface area contributed by atoms with Crippen molar-refractivity contribution < 1.29 is 4.79 Å². The van der Waals surface area contributed by atoms with Crippen LogP contribution in [0.15, 0.2) is 24.5 Å². The van der Waals surface area contributed by atoms with Crippen LogP contribution in [0, 0.1) is 5.92 Å². The van der Waals surface area contributed by atoms with Crippen molar-refractivity contribution in [3.05, 3.63) is 30.2 Å². The molecule has 3 N–H and O–H groups in total. The van der Waals surface area contributed by atoms with Crippen LogP contribution in [0.25, 0.3) is 5.95 Å². The second-order valence-corrected chi connectivity index (χ2v) is 6.68. The molecule has 128 valence electrons. The first-order valence-corrected chi connectivity index (χ1v) is 8.48. The van der Waals surface area contributed by atoms with Gasteiger partial charge in [0.1, 0.15) is 5.82 Å². The molecule has 2 unspecified atom stereocenters. The van der Waals surface area contributed by atoms with Gasteiger partial charge in [0.2, 0.25) is 5.91 Å². The fourth-order valence-corrected chi connectivity index (χ4v) is 3.02. The lowest BCUT2D eigenvalue weighted by molar-refractivity contribution is -0.120. The standard InChI is InChI=1S/C17H24N6O/c1-11(2)14-10-15(23(22-14)17-19-7-4-8-20-17)21-16(24)12-5-3-6-13(18)9-12/h4,7-8,10-13H,3,5-6,9,18H2,1-2H3,(H,21,24). The van der Waals surface area contributed by atoms with Gasteiger partial charge in [0.15, 0.2) is 0 Å². The minimum absolute atomic E-state index is 0.00228. The first kappa shape index (κ1) is 16.6. The van der Waals surface area contributed by atoms with Crippen LogP contribution in [-0.4, -0.2) is 31.7 Å². The molecule has 2 aromatic heterocycles. The summed E-state index contributed by atoms with van der Waals surface area (Å²) >= 11 is 0. The van der Waals surface area contributed by atoms with Crippen LogP contribution in [0.5, 0.6) is 0 Å². The van der Waals surface area contributed by atoms with Gasteiger partial charge >= 0.3 is 0 Å². The topological polar surface area (TPSA) is 98.7 Å². The summed E-state index contributed by atoms with van der Waals surface area (Å²) in [4.78, 5) is 21.1. The first-order valence-electron chi connectivity index (χ1n) is 8.48. The predicted molar refractivity (Wildman–Crippen MR) is 91.8 cm³/mol. The van der Waals surface area contributed by atoms with E-state index in [1.165, 1.54) is 0 Å². The lowest BCUT2D eigenvalue weighted by Gasteiger charge is -2.25. The first-order chi connectivity index (χ1) is 11.5. The summed E-state index contributed by atoms with van der Waals surface area (Å²) in [5.41, 5.74) is 6.89. The molecule has 24 heavy (non-hydrogen) atoms. The van der Waals surface area contributed by atoms with Crippen LogP contribution < -0.4 is 11.1 Å². The van der Waals surface area contributed by atoms with Gasteiger partial charge in [-0.2, -0.15) is 9.78 Å². The van der Waals surface area contributed by atoms with Gasteiger partial charge in [0.05, 0.1) is 5.69 Å². The molecule has 7 nitrogen and oxygen atoms in total. The Labute approximate surface area is 141 Å². The van der Waals surface area contributed by atoms with Crippen molar-refractivity contribution in [3.63, 3.8) is 0 Å². The number of amides is 1. The monoisotopic (exact) mass is 328 g/mol. The molecule has 0 saturated heterocycles. The fraction of sp³-hybridized carbons (Fsp3) is 0.529. The number of nitrogens with zero attached hydrogens (tertiary/aromatic N) is 4. The van der Waals surface area contributed by atoms with Crippen molar-refractivity contribution in [1.29, 1.82) is 0 Å². The molecular weight excluding hydrogens is 304 g/mol. The smallest absolute Gasteiger partial charge is 0.252 e. The molecule has 7 heteroatoms. The highest BCUT2D eigenvalue weighted by molar-refractivity contribution is 5.92.